The highest BCUT2D eigenvalue weighted by atomic mass is 19.4. The van der Waals surface area contributed by atoms with Gasteiger partial charge in [-0.2, -0.15) is 13.2 Å². The fourth-order valence-electron chi connectivity index (χ4n) is 1.42. The molecule has 0 unspecified atom stereocenters. The quantitative estimate of drug-likeness (QED) is 0.847. The van der Waals surface area contributed by atoms with Crippen LogP contribution < -0.4 is 5.32 Å². The zero-order valence-electron chi connectivity index (χ0n) is 10.8. The van der Waals surface area contributed by atoms with Crippen molar-refractivity contribution in [1.82, 2.24) is 5.32 Å². The zero-order chi connectivity index (χ0) is 15.2. The van der Waals surface area contributed by atoms with Gasteiger partial charge in [-0.05, 0) is 31.2 Å². The molecule has 7 heteroatoms. The lowest BCUT2D eigenvalue weighted by atomic mass is 10.1. The summed E-state index contributed by atoms with van der Waals surface area (Å²) in [4.78, 5) is 22.6. The largest absolute Gasteiger partial charge is 0.466 e. The van der Waals surface area contributed by atoms with Gasteiger partial charge in [-0.25, -0.2) is 0 Å². The van der Waals surface area contributed by atoms with E-state index < -0.39 is 23.6 Å². The van der Waals surface area contributed by atoms with Crippen molar-refractivity contribution in [3.05, 3.63) is 35.4 Å². The number of esters is 1. The molecule has 0 aliphatic rings. The van der Waals surface area contributed by atoms with E-state index >= 15 is 0 Å². The van der Waals surface area contributed by atoms with Gasteiger partial charge in [0.15, 0.2) is 0 Å². The predicted molar refractivity (Wildman–Crippen MR) is 65.0 cm³/mol. The van der Waals surface area contributed by atoms with Gasteiger partial charge in [0, 0.05) is 12.1 Å². The third-order valence-electron chi connectivity index (χ3n) is 2.39. The molecule has 0 heterocycles. The Labute approximate surface area is 113 Å². The number of alkyl halides is 3. The number of ether oxygens (including phenoxy) is 1. The molecule has 1 rings (SSSR count). The average Bonchev–Trinajstić information content (AvgIpc) is 2.38. The molecule has 0 radical (unpaired) electrons. The number of hydrogen-bond acceptors (Lipinski definition) is 3. The second-order valence-corrected chi connectivity index (χ2v) is 3.89. The molecule has 4 nitrogen and oxygen atoms in total. The first kappa shape index (κ1) is 16.0. The third kappa shape index (κ3) is 4.91. The van der Waals surface area contributed by atoms with Crippen molar-refractivity contribution in [2.75, 3.05) is 13.2 Å². The summed E-state index contributed by atoms with van der Waals surface area (Å²) in [5.41, 5.74) is -0.720. The minimum absolute atomic E-state index is 0.0141. The highest BCUT2D eigenvalue weighted by Crippen LogP contribution is 2.28. The monoisotopic (exact) mass is 289 g/mol. The van der Waals surface area contributed by atoms with E-state index in [1.54, 1.807) is 6.92 Å². The van der Waals surface area contributed by atoms with E-state index in [2.05, 4.69) is 10.1 Å². The Kier molecular flexibility index (Phi) is 5.54. The van der Waals surface area contributed by atoms with Crippen LogP contribution in [0.5, 0.6) is 0 Å². The van der Waals surface area contributed by atoms with Crippen LogP contribution in [0.3, 0.4) is 0 Å². The van der Waals surface area contributed by atoms with Crippen molar-refractivity contribution in [3.63, 3.8) is 0 Å². The maximum Gasteiger partial charge on any atom is 0.416 e. The van der Waals surface area contributed by atoms with E-state index in [-0.39, 0.29) is 25.1 Å². The SMILES string of the molecule is CCOC(=O)CCNC(=O)c1ccc(C(F)(F)F)cc1. The Bertz CT molecular complexity index is 469. The van der Waals surface area contributed by atoms with Gasteiger partial charge in [-0.1, -0.05) is 0 Å². The van der Waals surface area contributed by atoms with Crippen molar-refractivity contribution in [2.45, 2.75) is 19.5 Å². The van der Waals surface area contributed by atoms with E-state index in [0.29, 0.717) is 0 Å². The smallest absolute Gasteiger partial charge is 0.416 e. The molecule has 0 fully saturated rings. The van der Waals surface area contributed by atoms with E-state index in [1.165, 1.54) is 0 Å². The van der Waals surface area contributed by atoms with Crippen LogP contribution in [0, 0.1) is 0 Å². The summed E-state index contributed by atoms with van der Waals surface area (Å²) in [7, 11) is 0. The molecule has 0 spiro atoms. The van der Waals surface area contributed by atoms with Gasteiger partial charge in [-0.3, -0.25) is 9.59 Å². The van der Waals surface area contributed by atoms with Crippen LogP contribution in [0.15, 0.2) is 24.3 Å². The summed E-state index contributed by atoms with van der Waals surface area (Å²) in [5, 5.41) is 2.43. The van der Waals surface area contributed by atoms with Crippen molar-refractivity contribution in [3.8, 4) is 0 Å². The molecule has 0 aliphatic heterocycles. The molecule has 0 saturated heterocycles. The van der Waals surface area contributed by atoms with Gasteiger partial charge in [0.25, 0.3) is 5.91 Å². The molecule has 0 aliphatic carbocycles. The van der Waals surface area contributed by atoms with E-state index in [0.717, 1.165) is 24.3 Å². The van der Waals surface area contributed by atoms with Gasteiger partial charge in [-0.15, -0.1) is 0 Å². The topological polar surface area (TPSA) is 55.4 Å². The highest BCUT2D eigenvalue weighted by Gasteiger charge is 2.30. The standard InChI is InChI=1S/C13H14F3NO3/c1-2-20-11(18)7-8-17-12(19)9-3-5-10(6-4-9)13(14,15)16/h3-6H,2,7-8H2,1H3,(H,17,19). The summed E-state index contributed by atoms with van der Waals surface area (Å²) in [6.07, 6.45) is -4.42. The van der Waals surface area contributed by atoms with Crippen LogP contribution in [0.2, 0.25) is 0 Å². The summed E-state index contributed by atoms with van der Waals surface area (Å²) >= 11 is 0. The van der Waals surface area contributed by atoms with E-state index in [1.807, 2.05) is 0 Å². The molecule has 1 amide bonds. The molecule has 20 heavy (non-hydrogen) atoms. The number of rotatable bonds is 5. The van der Waals surface area contributed by atoms with Crippen LogP contribution in [0.4, 0.5) is 13.2 Å². The first-order valence-corrected chi connectivity index (χ1v) is 5.95. The lowest BCUT2D eigenvalue weighted by Gasteiger charge is -2.08. The van der Waals surface area contributed by atoms with Crippen LogP contribution in [0.25, 0.3) is 0 Å². The zero-order valence-corrected chi connectivity index (χ0v) is 10.8. The van der Waals surface area contributed by atoms with Gasteiger partial charge in [0.05, 0.1) is 18.6 Å². The Morgan fingerprint density at radius 1 is 1.20 bits per heavy atom. The second-order valence-electron chi connectivity index (χ2n) is 3.89. The van der Waals surface area contributed by atoms with Gasteiger partial charge in [0.2, 0.25) is 0 Å². The molecule has 0 atom stereocenters. The number of halogens is 3. The molecule has 0 aromatic heterocycles. The molecule has 1 aromatic rings. The summed E-state index contributed by atoms with van der Waals surface area (Å²) in [5.74, 6) is -0.983. The molecule has 0 saturated carbocycles. The lowest BCUT2D eigenvalue weighted by molar-refractivity contribution is -0.143. The summed E-state index contributed by atoms with van der Waals surface area (Å²) in [6.45, 7) is 1.99. The van der Waals surface area contributed by atoms with Crippen LogP contribution >= 0.6 is 0 Å². The fourth-order valence-corrected chi connectivity index (χ4v) is 1.42. The second kappa shape index (κ2) is 6.93. The maximum atomic E-state index is 12.3. The number of amides is 1. The van der Waals surface area contributed by atoms with Crippen molar-refractivity contribution < 1.29 is 27.5 Å². The fraction of sp³-hybridized carbons (Fsp3) is 0.385. The van der Waals surface area contributed by atoms with Gasteiger partial charge >= 0.3 is 12.1 Å². The van der Waals surface area contributed by atoms with Crippen molar-refractivity contribution in [2.24, 2.45) is 0 Å². The molecule has 1 N–H and O–H groups in total. The summed E-state index contributed by atoms with van der Waals surface area (Å²) in [6, 6.07) is 3.84. The van der Waals surface area contributed by atoms with Crippen molar-refractivity contribution >= 4 is 11.9 Å². The Balaban J connectivity index is 2.50. The van der Waals surface area contributed by atoms with Gasteiger partial charge in [0.1, 0.15) is 0 Å². The Morgan fingerprint density at radius 2 is 1.80 bits per heavy atom. The molecule has 0 bridgehead atoms. The molecule has 110 valence electrons. The number of carbonyl (C=O) groups is 2. The van der Waals surface area contributed by atoms with E-state index in [4.69, 9.17) is 0 Å². The molecular formula is C13H14F3NO3. The normalized spacial score (nSPS) is 11.0. The highest BCUT2D eigenvalue weighted by molar-refractivity contribution is 5.94. The first-order chi connectivity index (χ1) is 9.34. The Morgan fingerprint density at radius 3 is 2.30 bits per heavy atom. The number of benzene rings is 1. The minimum atomic E-state index is -4.43. The number of hydrogen-bond donors (Lipinski definition) is 1. The summed E-state index contributed by atoms with van der Waals surface area (Å²) < 4.78 is 41.7. The minimum Gasteiger partial charge on any atom is -0.466 e. The van der Waals surface area contributed by atoms with Gasteiger partial charge < -0.3 is 10.1 Å². The first-order valence-electron chi connectivity index (χ1n) is 5.95. The van der Waals surface area contributed by atoms with Crippen LogP contribution in [0.1, 0.15) is 29.3 Å². The molecular weight excluding hydrogens is 275 g/mol. The van der Waals surface area contributed by atoms with Crippen LogP contribution in [-0.2, 0) is 15.7 Å². The lowest BCUT2D eigenvalue weighted by Crippen LogP contribution is -2.26. The van der Waals surface area contributed by atoms with Crippen LogP contribution in [-0.4, -0.2) is 25.0 Å². The predicted octanol–water partition coefficient (Wildman–Crippen LogP) is 2.39. The number of carbonyl (C=O) groups excluding carboxylic acids is 2. The maximum absolute atomic E-state index is 12.3. The number of nitrogens with one attached hydrogen (secondary N) is 1. The molecule has 1 aromatic carbocycles. The third-order valence-corrected chi connectivity index (χ3v) is 2.39. The van der Waals surface area contributed by atoms with E-state index in [9.17, 15) is 22.8 Å². The van der Waals surface area contributed by atoms with Crippen molar-refractivity contribution in [1.29, 1.82) is 0 Å². The average molecular weight is 289 g/mol. The Hall–Kier alpha value is -2.05.